The van der Waals surface area contributed by atoms with E-state index in [1.807, 2.05) is 6.07 Å². The van der Waals surface area contributed by atoms with E-state index in [1.54, 1.807) is 0 Å². The highest BCUT2D eigenvalue weighted by Gasteiger charge is 2.46. The van der Waals surface area contributed by atoms with Crippen LogP contribution in [0.4, 0.5) is 0 Å². The molecule has 0 saturated heterocycles. The van der Waals surface area contributed by atoms with Gasteiger partial charge in [0.1, 0.15) is 17.4 Å². The Morgan fingerprint density at radius 1 is 1.36 bits per heavy atom. The molecular formula is C18H22Cl2O2. The van der Waals surface area contributed by atoms with E-state index in [-0.39, 0.29) is 18.6 Å². The van der Waals surface area contributed by atoms with Crippen molar-refractivity contribution in [2.24, 2.45) is 5.41 Å². The number of aliphatic hydroxyl groups excluding tert-OH is 1. The van der Waals surface area contributed by atoms with Crippen molar-refractivity contribution in [3.05, 3.63) is 39.4 Å². The second-order valence-electron chi connectivity index (χ2n) is 6.38. The lowest BCUT2D eigenvalue weighted by atomic mass is 9.67. The zero-order valence-electron chi connectivity index (χ0n) is 12.9. The number of aliphatic hydroxyl groups is 1. The SMILES string of the molecule is CCC[C@]12CCC=CC1c1c(cc(OCCO)c(Cl)c1Cl)C2. The molecule has 0 heterocycles. The molecule has 0 spiro atoms. The standard InChI is InChI=1S/C18H22Cl2O2/c1-2-6-18-7-4-3-5-13(18)15-12(11-18)10-14(22-9-8-21)16(19)17(15)20/h3,5,10,13,21H,2,4,6-9,11H2,1H3/t13?,18-/m1/s1. The molecule has 1 unspecified atom stereocenters. The number of hydrogen-bond acceptors (Lipinski definition) is 2. The molecule has 0 radical (unpaired) electrons. The Morgan fingerprint density at radius 2 is 2.18 bits per heavy atom. The number of benzene rings is 1. The van der Waals surface area contributed by atoms with Gasteiger partial charge in [-0.15, -0.1) is 0 Å². The van der Waals surface area contributed by atoms with Gasteiger partial charge in [-0.25, -0.2) is 0 Å². The van der Waals surface area contributed by atoms with Gasteiger partial charge >= 0.3 is 0 Å². The van der Waals surface area contributed by atoms with Crippen molar-refractivity contribution < 1.29 is 9.84 Å². The fourth-order valence-electron chi connectivity index (χ4n) is 4.22. The second kappa shape index (κ2) is 6.43. The first-order valence-electron chi connectivity index (χ1n) is 8.04. The molecule has 0 fully saturated rings. The summed E-state index contributed by atoms with van der Waals surface area (Å²) >= 11 is 13.0. The molecule has 1 N–H and O–H groups in total. The normalized spacial score (nSPS) is 25.9. The highest BCUT2D eigenvalue weighted by Crippen LogP contribution is 2.59. The summed E-state index contributed by atoms with van der Waals surface area (Å²) in [5, 5.41) is 10.0. The molecular weight excluding hydrogens is 319 g/mol. The van der Waals surface area contributed by atoms with Crippen molar-refractivity contribution >= 4 is 23.2 Å². The Balaban J connectivity index is 2.05. The number of hydrogen-bond donors (Lipinski definition) is 1. The Labute approximate surface area is 142 Å². The summed E-state index contributed by atoms with van der Waals surface area (Å²) in [6.45, 7) is 2.45. The van der Waals surface area contributed by atoms with E-state index < -0.39 is 0 Å². The lowest BCUT2D eigenvalue weighted by Gasteiger charge is -2.37. The van der Waals surface area contributed by atoms with Gasteiger partial charge in [0, 0.05) is 5.92 Å². The maximum absolute atomic E-state index is 8.95. The first kappa shape index (κ1) is 16.2. The Kier molecular flexibility index (Phi) is 4.72. The predicted molar refractivity (Wildman–Crippen MR) is 91.2 cm³/mol. The summed E-state index contributed by atoms with van der Waals surface area (Å²) in [7, 11) is 0. The molecule has 2 aliphatic rings. The first-order chi connectivity index (χ1) is 10.6. The summed E-state index contributed by atoms with van der Waals surface area (Å²) in [4.78, 5) is 0. The maximum atomic E-state index is 8.95. The van der Waals surface area contributed by atoms with Crippen molar-refractivity contribution in [3.8, 4) is 5.75 Å². The first-order valence-corrected chi connectivity index (χ1v) is 8.79. The van der Waals surface area contributed by atoms with Gasteiger partial charge in [-0.2, -0.15) is 0 Å². The van der Waals surface area contributed by atoms with Crippen LogP contribution in [0.3, 0.4) is 0 Å². The quantitative estimate of drug-likeness (QED) is 0.752. The van der Waals surface area contributed by atoms with Crippen molar-refractivity contribution in [1.29, 1.82) is 0 Å². The van der Waals surface area contributed by atoms with Gasteiger partial charge in [0.15, 0.2) is 0 Å². The van der Waals surface area contributed by atoms with Crippen LogP contribution < -0.4 is 4.74 Å². The van der Waals surface area contributed by atoms with E-state index in [9.17, 15) is 0 Å². The van der Waals surface area contributed by atoms with Crippen molar-refractivity contribution in [2.75, 3.05) is 13.2 Å². The molecule has 1 aromatic rings. The second-order valence-corrected chi connectivity index (χ2v) is 7.14. The number of rotatable bonds is 5. The van der Waals surface area contributed by atoms with E-state index in [4.69, 9.17) is 33.0 Å². The van der Waals surface area contributed by atoms with Gasteiger partial charge in [-0.1, -0.05) is 48.7 Å². The van der Waals surface area contributed by atoms with Crippen LogP contribution in [0.15, 0.2) is 18.2 Å². The monoisotopic (exact) mass is 340 g/mol. The molecule has 0 amide bonds. The molecule has 1 aromatic carbocycles. The Hall–Kier alpha value is -0.700. The van der Waals surface area contributed by atoms with Crippen LogP contribution in [0.2, 0.25) is 10.0 Å². The van der Waals surface area contributed by atoms with Crippen molar-refractivity contribution in [2.45, 2.75) is 44.9 Å². The van der Waals surface area contributed by atoms with Crippen LogP contribution in [0.25, 0.3) is 0 Å². The lowest BCUT2D eigenvalue weighted by molar-refractivity contribution is 0.201. The average molecular weight is 341 g/mol. The number of fused-ring (bicyclic) bond motifs is 3. The van der Waals surface area contributed by atoms with Gasteiger partial charge in [0.2, 0.25) is 0 Å². The molecule has 0 bridgehead atoms. The number of ether oxygens (including phenoxy) is 1. The smallest absolute Gasteiger partial charge is 0.139 e. The van der Waals surface area contributed by atoms with Crippen LogP contribution in [0.1, 0.15) is 49.7 Å². The average Bonchev–Trinajstić information content (AvgIpc) is 2.83. The molecule has 2 aliphatic carbocycles. The van der Waals surface area contributed by atoms with E-state index in [0.29, 0.717) is 21.7 Å². The zero-order chi connectivity index (χ0) is 15.7. The summed E-state index contributed by atoms with van der Waals surface area (Å²) in [6, 6.07) is 2.03. The molecule has 0 aliphatic heterocycles. The summed E-state index contributed by atoms with van der Waals surface area (Å²) in [6.07, 6.45) is 10.4. The van der Waals surface area contributed by atoms with Gasteiger partial charge < -0.3 is 9.84 Å². The largest absolute Gasteiger partial charge is 0.490 e. The zero-order valence-corrected chi connectivity index (χ0v) is 14.4. The highest BCUT2D eigenvalue weighted by molar-refractivity contribution is 6.43. The maximum Gasteiger partial charge on any atom is 0.139 e. The van der Waals surface area contributed by atoms with E-state index >= 15 is 0 Å². The molecule has 2 atom stereocenters. The molecule has 4 heteroatoms. The topological polar surface area (TPSA) is 29.5 Å². The molecule has 22 heavy (non-hydrogen) atoms. The van der Waals surface area contributed by atoms with Gasteiger partial charge in [-0.3, -0.25) is 0 Å². The van der Waals surface area contributed by atoms with Gasteiger partial charge in [0.25, 0.3) is 0 Å². The van der Waals surface area contributed by atoms with E-state index in [0.717, 1.165) is 12.8 Å². The Bertz CT molecular complexity index is 597. The molecule has 2 nitrogen and oxygen atoms in total. The van der Waals surface area contributed by atoms with Crippen LogP contribution in [0.5, 0.6) is 5.75 Å². The summed E-state index contributed by atoms with van der Waals surface area (Å²) < 4.78 is 5.55. The summed E-state index contributed by atoms with van der Waals surface area (Å²) in [5.74, 6) is 0.960. The van der Waals surface area contributed by atoms with E-state index in [2.05, 4.69) is 19.1 Å². The highest BCUT2D eigenvalue weighted by atomic mass is 35.5. The molecule has 0 aromatic heterocycles. The Morgan fingerprint density at radius 3 is 2.91 bits per heavy atom. The van der Waals surface area contributed by atoms with Crippen molar-refractivity contribution in [1.82, 2.24) is 0 Å². The minimum Gasteiger partial charge on any atom is -0.490 e. The number of halogens is 2. The predicted octanol–water partition coefficient (Wildman–Crippen LogP) is 5.14. The summed E-state index contributed by atoms with van der Waals surface area (Å²) in [5.41, 5.74) is 2.73. The molecule has 3 rings (SSSR count). The fourth-order valence-corrected chi connectivity index (χ4v) is 4.76. The lowest BCUT2D eigenvalue weighted by Crippen LogP contribution is -2.27. The molecule has 120 valence electrons. The van der Waals surface area contributed by atoms with Gasteiger partial charge in [-0.05, 0) is 48.3 Å². The minimum atomic E-state index is -0.0316. The molecule has 0 saturated carbocycles. The van der Waals surface area contributed by atoms with Crippen molar-refractivity contribution in [3.63, 3.8) is 0 Å². The number of allylic oxidation sites excluding steroid dienone is 2. The van der Waals surface area contributed by atoms with Crippen LogP contribution in [-0.2, 0) is 6.42 Å². The van der Waals surface area contributed by atoms with Crippen LogP contribution in [-0.4, -0.2) is 18.3 Å². The third kappa shape index (κ3) is 2.55. The fraction of sp³-hybridized carbons (Fsp3) is 0.556. The van der Waals surface area contributed by atoms with Crippen LogP contribution in [0, 0.1) is 5.41 Å². The van der Waals surface area contributed by atoms with E-state index in [1.165, 1.54) is 30.4 Å². The minimum absolute atomic E-state index is 0.0316. The third-order valence-electron chi connectivity index (χ3n) is 5.04. The third-order valence-corrected chi connectivity index (χ3v) is 5.91. The van der Waals surface area contributed by atoms with Gasteiger partial charge in [0.05, 0.1) is 11.6 Å². The van der Waals surface area contributed by atoms with Crippen LogP contribution >= 0.6 is 23.2 Å².